The number of nitrogens with one attached hydrogen (secondary N) is 1. The summed E-state index contributed by atoms with van der Waals surface area (Å²) in [6.07, 6.45) is 0.216. The van der Waals surface area contributed by atoms with Gasteiger partial charge in [0.15, 0.2) is 0 Å². The molecule has 1 atom stereocenters. The number of hydrogen-bond donors (Lipinski definition) is 1. The van der Waals surface area contributed by atoms with Crippen LogP contribution in [0.15, 0.2) is 108 Å². The lowest BCUT2D eigenvalue weighted by Gasteiger charge is -2.35. The predicted molar refractivity (Wildman–Crippen MR) is 181 cm³/mol. The molecule has 4 rings (SSSR count). The third kappa shape index (κ3) is 8.53. The molecule has 0 unspecified atom stereocenters. The predicted octanol–water partition coefficient (Wildman–Crippen LogP) is 6.71. The van der Waals surface area contributed by atoms with Crippen molar-refractivity contribution in [1.82, 2.24) is 10.2 Å². The maximum absolute atomic E-state index is 14.6. The van der Waals surface area contributed by atoms with Gasteiger partial charge in [0, 0.05) is 23.5 Å². The first-order valence-corrected chi connectivity index (χ1v) is 16.6. The van der Waals surface area contributed by atoms with Gasteiger partial charge in [-0.15, -0.1) is 0 Å². The zero-order valence-electron chi connectivity index (χ0n) is 26.3. The van der Waals surface area contributed by atoms with Gasteiger partial charge < -0.3 is 10.2 Å². The van der Waals surface area contributed by atoms with E-state index in [1.165, 1.54) is 17.0 Å². The monoisotopic (exact) mass is 645 g/mol. The molecule has 236 valence electrons. The molecular weight excluding hydrogens is 606 g/mol. The molecule has 0 aliphatic carbocycles. The lowest BCUT2D eigenvalue weighted by atomic mass is 10.0. The minimum atomic E-state index is -4.18. The van der Waals surface area contributed by atoms with Crippen molar-refractivity contribution in [3.05, 3.63) is 130 Å². The molecule has 0 aromatic heterocycles. The van der Waals surface area contributed by atoms with E-state index in [4.69, 9.17) is 11.6 Å². The first-order valence-electron chi connectivity index (χ1n) is 14.8. The number of rotatable bonds is 11. The average Bonchev–Trinajstić information content (AvgIpc) is 3.00. The first-order chi connectivity index (χ1) is 21.3. The number of carbonyl (C=O) groups excluding carboxylic acids is 2. The van der Waals surface area contributed by atoms with Crippen molar-refractivity contribution < 1.29 is 18.0 Å². The second-order valence-electron chi connectivity index (χ2n) is 12.1. The zero-order chi connectivity index (χ0) is 32.8. The van der Waals surface area contributed by atoms with Crippen LogP contribution >= 0.6 is 11.6 Å². The number of amides is 2. The Hall–Kier alpha value is -4.14. The fourth-order valence-electron chi connectivity index (χ4n) is 5.06. The average molecular weight is 646 g/mol. The van der Waals surface area contributed by atoms with Crippen molar-refractivity contribution in [2.45, 2.75) is 64.1 Å². The molecule has 0 saturated heterocycles. The maximum atomic E-state index is 14.6. The van der Waals surface area contributed by atoms with E-state index in [1.54, 1.807) is 48.5 Å². The first kappa shape index (κ1) is 33.7. The number of aryl methyl sites for hydroxylation is 1. The van der Waals surface area contributed by atoms with Crippen molar-refractivity contribution in [3.8, 4) is 0 Å². The van der Waals surface area contributed by atoms with Crippen molar-refractivity contribution in [1.29, 1.82) is 0 Å². The van der Waals surface area contributed by atoms with E-state index in [1.807, 2.05) is 77.1 Å². The summed E-state index contributed by atoms with van der Waals surface area (Å²) in [6.45, 7) is 8.82. The van der Waals surface area contributed by atoms with E-state index in [0.717, 1.165) is 21.0 Å². The second-order valence-corrected chi connectivity index (χ2v) is 14.4. The van der Waals surface area contributed by atoms with Crippen LogP contribution in [0.3, 0.4) is 0 Å². The van der Waals surface area contributed by atoms with E-state index in [2.05, 4.69) is 5.32 Å². The van der Waals surface area contributed by atoms with Gasteiger partial charge in [0.25, 0.3) is 10.0 Å². The van der Waals surface area contributed by atoms with Gasteiger partial charge in [-0.1, -0.05) is 90.5 Å². The molecule has 1 N–H and O–H groups in total. The van der Waals surface area contributed by atoms with Crippen molar-refractivity contribution in [2.24, 2.45) is 0 Å². The van der Waals surface area contributed by atoms with E-state index < -0.39 is 34.1 Å². The maximum Gasteiger partial charge on any atom is 0.264 e. The van der Waals surface area contributed by atoms with E-state index >= 15 is 0 Å². The minimum Gasteiger partial charge on any atom is -0.350 e. The summed E-state index contributed by atoms with van der Waals surface area (Å²) < 4.78 is 29.6. The third-order valence-electron chi connectivity index (χ3n) is 7.52. The van der Waals surface area contributed by atoms with Gasteiger partial charge >= 0.3 is 0 Å². The Balaban J connectivity index is 1.85. The van der Waals surface area contributed by atoms with Gasteiger partial charge in [-0.3, -0.25) is 13.9 Å². The van der Waals surface area contributed by atoms with Gasteiger partial charge in [-0.25, -0.2) is 8.42 Å². The summed E-state index contributed by atoms with van der Waals surface area (Å²) >= 11 is 6.57. The standard InChI is InChI=1S/C36H40ClN3O4S/c1-26-15-14-22-32(27(26)2)40(45(43,44)30-19-10-7-11-20-30)25-34(41)39(24-29-18-12-13-21-31(29)37)33(35(42)38-36(3,4)5)23-28-16-8-6-9-17-28/h6-22,33H,23-25H2,1-5H3,(H,38,42)/t33-/m1/s1. The van der Waals surface area contributed by atoms with Crippen molar-refractivity contribution in [3.63, 3.8) is 0 Å². The largest absolute Gasteiger partial charge is 0.350 e. The van der Waals surface area contributed by atoms with Crippen LogP contribution in [-0.4, -0.2) is 43.3 Å². The van der Waals surface area contributed by atoms with Crippen LogP contribution in [0.1, 0.15) is 43.0 Å². The van der Waals surface area contributed by atoms with Crippen LogP contribution in [0, 0.1) is 13.8 Å². The van der Waals surface area contributed by atoms with Crippen LogP contribution < -0.4 is 9.62 Å². The number of hydrogen-bond acceptors (Lipinski definition) is 4. The SMILES string of the molecule is Cc1cccc(N(CC(=O)N(Cc2ccccc2Cl)[C@H](Cc2ccccc2)C(=O)NC(C)(C)C)S(=O)(=O)c2ccccc2)c1C. The summed E-state index contributed by atoms with van der Waals surface area (Å²) in [5.74, 6) is -0.892. The number of anilines is 1. The molecule has 0 saturated carbocycles. The smallest absolute Gasteiger partial charge is 0.264 e. The third-order valence-corrected chi connectivity index (χ3v) is 9.67. The molecule has 4 aromatic rings. The highest BCUT2D eigenvalue weighted by molar-refractivity contribution is 7.92. The molecule has 0 radical (unpaired) electrons. The Morgan fingerprint density at radius 3 is 2.04 bits per heavy atom. The van der Waals surface area contributed by atoms with E-state index in [9.17, 15) is 18.0 Å². The number of carbonyl (C=O) groups is 2. The lowest BCUT2D eigenvalue weighted by molar-refractivity contribution is -0.140. The van der Waals surface area contributed by atoms with E-state index in [0.29, 0.717) is 16.3 Å². The summed E-state index contributed by atoms with van der Waals surface area (Å²) in [5.41, 5.74) is 2.92. The molecule has 0 heterocycles. The van der Waals surface area contributed by atoms with Crippen LogP contribution in [0.4, 0.5) is 5.69 Å². The van der Waals surface area contributed by atoms with Crippen LogP contribution in [-0.2, 0) is 32.6 Å². The molecule has 0 spiro atoms. The lowest BCUT2D eigenvalue weighted by Crippen LogP contribution is -2.56. The quantitative estimate of drug-likeness (QED) is 0.197. The number of nitrogens with zero attached hydrogens (tertiary/aromatic N) is 2. The molecule has 0 aliphatic heterocycles. The highest BCUT2D eigenvalue weighted by atomic mass is 35.5. The molecule has 0 aliphatic rings. The highest BCUT2D eigenvalue weighted by Gasteiger charge is 2.36. The Labute approximate surface area is 271 Å². The molecule has 7 nitrogen and oxygen atoms in total. The van der Waals surface area contributed by atoms with Crippen LogP contribution in [0.25, 0.3) is 0 Å². The molecule has 9 heteroatoms. The zero-order valence-corrected chi connectivity index (χ0v) is 27.9. The van der Waals surface area contributed by atoms with Gasteiger partial charge in [0.1, 0.15) is 12.6 Å². The highest BCUT2D eigenvalue weighted by Crippen LogP contribution is 2.30. The topological polar surface area (TPSA) is 86.8 Å². The molecular formula is C36H40ClN3O4S. The number of sulfonamides is 1. The minimum absolute atomic E-state index is 0.000403. The van der Waals surface area contributed by atoms with Gasteiger partial charge in [-0.2, -0.15) is 0 Å². The van der Waals surface area contributed by atoms with Crippen LogP contribution in [0.2, 0.25) is 5.02 Å². The molecule has 0 bridgehead atoms. The number of halogens is 1. The van der Waals surface area contributed by atoms with Gasteiger partial charge in [0.05, 0.1) is 10.6 Å². The normalized spacial score (nSPS) is 12.3. The Morgan fingerprint density at radius 1 is 0.822 bits per heavy atom. The molecule has 4 aromatic carbocycles. The van der Waals surface area contributed by atoms with Crippen molar-refractivity contribution >= 4 is 39.1 Å². The van der Waals surface area contributed by atoms with Gasteiger partial charge in [0.2, 0.25) is 11.8 Å². The summed E-state index contributed by atoms with van der Waals surface area (Å²) in [7, 11) is -4.18. The Bertz CT molecular complexity index is 1740. The number of benzene rings is 4. The van der Waals surface area contributed by atoms with E-state index in [-0.39, 0.29) is 23.8 Å². The van der Waals surface area contributed by atoms with Gasteiger partial charge in [-0.05, 0) is 81.1 Å². The summed E-state index contributed by atoms with van der Waals surface area (Å²) in [5, 5.41) is 3.47. The fourth-order valence-corrected chi connectivity index (χ4v) is 6.74. The van der Waals surface area contributed by atoms with Crippen LogP contribution in [0.5, 0.6) is 0 Å². The second kappa shape index (κ2) is 14.3. The molecule has 0 fully saturated rings. The summed E-state index contributed by atoms with van der Waals surface area (Å²) in [6, 6.07) is 29.0. The Kier molecular flexibility index (Phi) is 10.7. The summed E-state index contributed by atoms with van der Waals surface area (Å²) in [4.78, 5) is 30.1. The Morgan fingerprint density at radius 2 is 1.42 bits per heavy atom. The fraction of sp³-hybridized carbons (Fsp3) is 0.278. The van der Waals surface area contributed by atoms with Crippen molar-refractivity contribution in [2.75, 3.05) is 10.8 Å². The molecule has 2 amide bonds. The molecule has 45 heavy (non-hydrogen) atoms.